The van der Waals surface area contributed by atoms with Gasteiger partial charge in [0.2, 0.25) is 0 Å². The van der Waals surface area contributed by atoms with Crippen molar-refractivity contribution in [2.45, 2.75) is 0 Å². The molecule has 3 aromatic rings. The number of oxazole rings is 1. The number of fused-ring (bicyclic) bond motifs is 2. The highest BCUT2D eigenvalue weighted by molar-refractivity contribution is 5.89. The third kappa shape index (κ3) is 0.807. The summed E-state index contributed by atoms with van der Waals surface area (Å²) in [7, 11) is 0. The van der Waals surface area contributed by atoms with E-state index in [1.54, 1.807) is 12.1 Å². The maximum atomic E-state index is 10.9. The number of hydrogen-bond donors (Lipinski definition) is 2. The monoisotopic (exact) mass is 175 g/mol. The van der Waals surface area contributed by atoms with Crippen molar-refractivity contribution in [1.82, 2.24) is 15.0 Å². The Morgan fingerprint density at radius 2 is 2.00 bits per heavy atom. The molecular formula is C8H5N3O2. The van der Waals surface area contributed by atoms with Gasteiger partial charge in [0, 0.05) is 6.07 Å². The van der Waals surface area contributed by atoms with Crippen LogP contribution in [0.5, 0.6) is 0 Å². The van der Waals surface area contributed by atoms with Crippen molar-refractivity contribution in [3.8, 4) is 0 Å². The molecule has 0 aliphatic heterocycles. The van der Waals surface area contributed by atoms with E-state index >= 15 is 0 Å². The summed E-state index contributed by atoms with van der Waals surface area (Å²) in [5.41, 5.74) is 2.66. The van der Waals surface area contributed by atoms with Gasteiger partial charge in [-0.15, -0.1) is 0 Å². The maximum absolute atomic E-state index is 10.9. The van der Waals surface area contributed by atoms with Gasteiger partial charge in [-0.2, -0.15) is 0 Å². The molecule has 0 saturated heterocycles. The van der Waals surface area contributed by atoms with Crippen molar-refractivity contribution in [3.05, 3.63) is 29.0 Å². The average molecular weight is 175 g/mol. The number of rotatable bonds is 0. The number of H-pyrrole nitrogens is 2. The van der Waals surface area contributed by atoms with Gasteiger partial charge < -0.3 is 14.4 Å². The molecule has 3 rings (SSSR count). The van der Waals surface area contributed by atoms with Gasteiger partial charge in [0.15, 0.2) is 12.0 Å². The Morgan fingerprint density at radius 1 is 1.23 bits per heavy atom. The predicted octanol–water partition coefficient (Wildman–Crippen LogP) is 0.997. The summed E-state index contributed by atoms with van der Waals surface area (Å²) in [6.45, 7) is 0. The van der Waals surface area contributed by atoms with Gasteiger partial charge in [-0.25, -0.2) is 9.78 Å². The van der Waals surface area contributed by atoms with Gasteiger partial charge in [-0.3, -0.25) is 0 Å². The van der Waals surface area contributed by atoms with Crippen LogP contribution in [0.1, 0.15) is 0 Å². The Kier molecular flexibility index (Phi) is 0.999. The Hall–Kier alpha value is -2.04. The van der Waals surface area contributed by atoms with Crippen LogP contribution < -0.4 is 5.69 Å². The van der Waals surface area contributed by atoms with Crippen molar-refractivity contribution in [2.75, 3.05) is 0 Å². The lowest BCUT2D eigenvalue weighted by Gasteiger charge is -1.86. The molecule has 0 spiro atoms. The third-order valence-electron chi connectivity index (χ3n) is 1.97. The van der Waals surface area contributed by atoms with Crippen LogP contribution in [0.15, 0.2) is 27.7 Å². The molecule has 0 amide bonds. The van der Waals surface area contributed by atoms with E-state index in [0.717, 1.165) is 16.6 Å². The topological polar surface area (TPSA) is 74.7 Å². The molecule has 13 heavy (non-hydrogen) atoms. The van der Waals surface area contributed by atoms with Crippen molar-refractivity contribution < 1.29 is 4.42 Å². The SMILES string of the molecule is O=c1[nH]c2cc3ncoc3cc2[nH]1. The standard InChI is InChI=1S/C8H5N3O2/c12-8-10-4-1-6-7(13-3-9-6)2-5(4)11-8/h1-3H,(H2,10,11,12). The highest BCUT2D eigenvalue weighted by atomic mass is 16.3. The Balaban J connectivity index is 2.62. The Morgan fingerprint density at radius 3 is 2.85 bits per heavy atom. The molecule has 2 N–H and O–H groups in total. The van der Waals surface area contributed by atoms with Crippen LogP contribution in [0, 0.1) is 0 Å². The first-order valence-electron chi connectivity index (χ1n) is 3.78. The molecule has 0 radical (unpaired) electrons. The van der Waals surface area contributed by atoms with Crippen LogP contribution in [-0.2, 0) is 0 Å². The molecule has 0 aliphatic rings. The fourth-order valence-corrected chi connectivity index (χ4v) is 1.39. The highest BCUT2D eigenvalue weighted by Gasteiger charge is 2.03. The van der Waals surface area contributed by atoms with Gasteiger partial charge in [-0.05, 0) is 6.07 Å². The third-order valence-corrected chi connectivity index (χ3v) is 1.97. The lowest BCUT2D eigenvalue weighted by Crippen LogP contribution is -1.99. The molecule has 0 unspecified atom stereocenters. The molecule has 2 heterocycles. The van der Waals surface area contributed by atoms with Gasteiger partial charge in [0.05, 0.1) is 11.0 Å². The van der Waals surface area contributed by atoms with Gasteiger partial charge in [0.25, 0.3) is 0 Å². The quantitative estimate of drug-likeness (QED) is 0.535. The number of aromatic nitrogens is 3. The lowest BCUT2D eigenvalue weighted by atomic mass is 10.3. The number of aromatic amines is 2. The molecule has 5 heteroatoms. The summed E-state index contributed by atoms with van der Waals surface area (Å²) < 4.78 is 5.09. The largest absolute Gasteiger partial charge is 0.443 e. The van der Waals surface area contributed by atoms with E-state index in [2.05, 4.69) is 15.0 Å². The maximum Gasteiger partial charge on any atom is 0.323 e. The lowest BCUT2D eigenvalue weighted by molar-refractivity contribution is 0.602. The van der Waals surface area contributed by atoms with Gasteiger partial charge >= 0.3 is 5.69 Å². The van der Waals surface area contributed by atoms with Crippen molar-refractivity contribution in [2.24, 2.45) is 0 Å². The molecule has 2 aromatic heterocycles. The first-order valence-corrected chi connectivity index (χ1v) is 3.78. The molecule has 0 aliphatic carbocycles. The summed E-state index contributed by atoms with van der Waals surface area (Å²) in [6, 6.07) is 3.52. The van der Waals surface area contributed by atoms with Crippen molar-refractivity contribution in [3.63, 3.8) is 0 Å². The van der Waals surface area contributed by atoms with Crippen LogP contribution in [-0.4, -0.2) is 15.0 Å². The minimum atomic E-state index is -0.220. The molecule has 5 nitrogen and oxygen atoms in total. The zero-order chi connectivity index (χ0) is 8.84. The minimum absolute atomic E-state index is 0.220. The second-order valence-corrected chi connectivity index (χ2v) is 2.80. The van der Waals surface area contributed by atoms with Crippen LogP contribution in [0.25, 0.3) is 22.1 Å². The smallest absolute Gasteiger partial charge is 0.323 e. The molecule has 0 atom stereocenters. The van der Waals surface area contributed by atoms with Crippen molar-refractivity contribution >= 4 is 22.1 Å². The second kappa shape index (κ2) is 2.01. The van der Waals surface area contributed by atoms with Crippen molar-refractivity contribution in [1.29, 1.82) is 0 Å². The zero-order valence-electron chi connectivity index (χ0n) is 6.50. The van der Waals surface area contributed by atoms with Crippen LogP contribution >= 0.6 is 0 Å². The summed E-state index contributed by atoms with van der Waals surface area (Å²) in [6.07, 6.45) is 1.38. The van der Waals surface area contributed by atoms with Gasteiger partial charge in [0.1, 0.15) is 5.52 Å². The van der Waals surface area contributed by atoms with E-state index in [0.29, 0.717) is 5.58 Å². The number of benzene rings is 1. The number of imidazole rings is 1. The first-order chi connectivity index (χ1) is 6.33. The predicted molar refractivity (Wildman–Crippen MR) is 46.5 cm³/mol. The Bertz CT molecular complexity index is 580. The van der Waals surface area contributed by atoms with Crippen LogP contribution in [0.4, 0.5) is 0 Å². The summed E-state index contributed by atoms with van der Waals surface area (Å²) in [5, 5.41) is 0. The molecular weight excluding hydrogens is 170 g/mol. The van der Waals surface area contributed by atoms with E-state index in [1.165, 1.54) is 6.39 Å². The van der Waals surface area contributed by atoms with E-state index < -0.39 is 0 Å². The van der Waals surface area contributed by atoms with Crippen LogP contribution in [0.2, 0.25) is 0 Å². The molecule has 0 fully saturated rings. The molecule has 1 aromatic carbocycles. The average Bonchev–Trinajstić information content (AvgIpc) is 2.63. The highest BCUT2D eigenvalue weighted by Crippen LogP contribution is 2.17. The van der Waals surface area contributed by atoms with E-state index in [-0.39, 0.29) is 5.69 Å². The summed E-state index contributed by atoms with van der Waals surface area (Å²) in [4.78, 5) is 20.2. The molecule has 0 saturated carbocycles. The summed E-state index contributed by atoms with van der Waals surface area (Å²) in [5.74, 6) is 0. The fourth-order valence-electron chi connectivity index (χ4n) is 1.39. The van der Waals surface area contributed by atoms with E-state index in [1.807, 2.05) is 0 Å². The second-order valence-electron chi connectivity index (χ2n) is 2.80. The number of nitrogens with zero attached hydrogens (tertiary/aromatic N) is 1. The number of nitrogens with one attached hydrogen (secondary N) is 2. The Labute approximate surface area is 71.4 Å². The normalized spacial score (nSPS) is 11.4. The molecule has 0 bridgehead atoms. The van der Waals surface area contributed by atoms with E-state index in [4.69, 9.17) is 4.42 Å². The first kappa shape index (κ1) is 6.47. The molecule has 64 valence electrons. The van der Waals surface area contributed by atoms with E-state index in [9.17, 15) is 4.79 Å². The number of hydrogen-bond acceptors (Lipinski definition) is 3. The fraction of sp³-hybridized carbons (Fsp3) is 0. The van der Waals surface area contributed by atoms with Crippen LogP contribution in [0.3, 0.4) is 0 Å². The summed E-state index contributed by atoms with van der Waals surface area (Å²) >= 11 is 0. The minimum Gasteiger partial charge on any atom is -0.443 e. The van der Waals surface area contributed by atoms with Gasteiger partial charge in [-0.1, -0.05) is 0 Å². The zero-order valence-corrected chi connectivity index (χ0v) is 6.50.